The van der Waals surface area contributed by atoms with Crippen LogP contribution in [-0.4, -0.2) is 10.2 Å². The van der Waals surface area contributed by atoms with E-state index in [4.69, 9.17) is 0 Å². The van der Waals surface area contributed by atoms with Gasteiger partial charge >= 0.3 is 0 Å². The Labute approximate surface area is 121 Å². The lowest BCUT2D eigenvalue weighted by molar-refractivity contribution is 0.101. The highest BCUT2D eigenvalue weighted by Gasteiger charge is 2.15. The molecular weight excluding hydrogens is 268 g/mol. The second kappa shape index (κ2) is 5.06. The Morgan fingerprint density at radius 1 is 1.15 bits per heavy atom. The number of aryl methyl sites for hydroxylation is 1. The predicted molar refractivity (Wildman–Crippen MR) is 84.1 cm³/mol. The van der Waals surface area contributed by atoms with Gasteiger partial charge in [-0.25, -0.2) is 0 Å². The Bertz CT molecular complexity index is 787. The SMILES string of the molecule is CC(=O)c1c(C)nsc1Nc1cccc2ccccc12. The molecule has 4 heteroatoms. The topological polar surface area (TPSA) is 42.0 Å². The Morgan fingerprint density at radius 3 is 2.70 bits per heavy atom. The van der Waals surface area contributed by atoms with Gasteiger partial charge in [-0.15, -0.1) is 0 Å². The molecule has 0 unspecified atom stereocenters. The Kier molecular flexibility index (Phi) is 3.24. The third kappa shape index (κ3) is 2.18. The van der Waals surface area contributed by atoms with Crippen molar-refractivity contribution in [1.82, 2.24) is 4.37 Å². The molecule has 1 heterocycles. The zero-order valence-electron chi connectivity index (χ0n) is 11.3. The molecule has 100 valence electrons. The molecule has 0 bridgehead atoms. The Morgan fingerprint density at radius 2 is 1.90 bits per heavy atom. The third-order valence-corrected chi connectivity index (χ3v) is 4.11. The van der Waals surface area contributed by atoms with E-state index in [0.29, 0.717) is 5.56 Å². The highest BCUT2D eigenvalue weighted by molar-refractivity contribution is 7.10. The summed E-state index contributed by atoms with van der Waals surface area (Å²) in [6.07, 6.45) is 0. The number of benzene rings is 2. The van der Waals surface area contributed by atoms with E-state index in [1.165, 1.54) is 16.9 Å². The molecule has 20 heavy (non-hydrogen) atoms. The smallest absolute Gasteiger partial charge is 0.164 e. The fourth-order valence-electron chi connectivity index (χ4n) is 2.33. The first-order valence-electron chi connectivity index (χ1n) is 6.39. The predicted octanol–water partition coefficient (Wildman–Crippen LogP) is 4.55. The molecule has 0 aliphatic carbocycles. The summed E-state index contributed by atoms with van der Waals surface area (Å²) in [5.41, 5.74) is 2.46. The van der Waals surface area contributed by atoms with Crippen LogP contribution in [-0.2, 0) is 0 Å². The first kappa shape index (κ1) is 12.8. The standard InChI is InChI=1S/C16H14N2OS/c1-10-15(11(2)19)16(20-18-10)17-14-9-5-7-12-6-3-4-8-13(12)14/h3-9,17H,1-2H3. The van der Waals surface area contributed by atoms with Crippen LogP contribution in [0.2, 0.25) is 0 Å². The van der Waals surface area contributed by atoms with Crippen LogP contribution < -0.4 is 5.32 Å². The molecule has 0 aliphatic rings. The summed E-state index contributed by atoms with van der Waals surface area (Å²) < 4.78 is 4.27. The maximum Gasteiger partial charge on any atom is 0.164 e. The summed E-state index contributed by atoms with van der Waals surface area (Å²) in [6, 6.07) is 14.3. The zero-order chi connectivity index (χ0) is 14.1. The van der Waals surface area contributed by atoms with Crippen molar-refractivity contribution in [2.75, 3.05) is 5.32 Å². The number of nitrogens with zero attached hydrogens (tertiary/aromatic N) is 1. The molecule has 0 atom stereocenters. The van der Waals surface area contributed by atoms with E-state index in [1.807, 2.05) is 31.2 Å². The van der Waals surface area contributed by atoms with Crippen molar-refractivity contribution in [2.45, 2.75) is 13.8 Å². The van der Waals surface area contributed by atoms with Gasteiger partial charge in [-0.1, -0.05) is 36.4 Å². The molecule has 0 aliphatic heterocycles. The van der Waals surface area contributed by atoms with Crippen LogP contribution in [0, 0.1) is 6.92 Å². The maximum absolute atomic E-state index is 11.7. The lowest BCUT2D eigenvalue weighted by atomic mass is 10.1. The number of anilines is 2. The number of carbonyl (C=O) groups is 1. The van der Waals surface area contributed by atoms with Gasteiger partial charge in [-0.2, -0.15) is 4.37 Å². The molecule has 0 radical (unpaired) electrons. The van der Waals surface area contributed by atoms with Crippen LogP contribution in [0.15, 0.2) is 42.5 Å². The van der Waals surface area contributed by atoms with E-state index in [1.54, 1.807) is 6.92 Å². The van der Waals surface area contributed by atoms with Gasteiger partial charge in [-0.05, 0) is 36.8 Å². The number of aromatic nitrogens is 1. The monoisotopic (exact) mass is 282 g/mol. The molecule has 3 rings (SSSR count). The minimum absolute atomic E-state index is 0.0407. The molecule has 0 spiro atoms. The van der Waals surface area contributed by atoms with Crippen molar-refractivity contribution in [3.05, 3.63) is 53.7 Å². The molecule has 0 saturated heterocycles. The average molecular weight is 282 g/mol. The van der Waals surface area contributed by atoms with Crippen molar-refractivity contribution < 1.29 is 4.79 Å². The Hall–Kier alpha value is -2.20. The lowest BCUT2D eigenvalue weighted by Crippen LogP contribution is -1.99. The largest absolute Gasteiger partial charge is 0.345 e. The number of fused-ring (bicyclic) bond motifs is 1. The number of hydrogen-bond acceptors (Lipinski definition) is 4. The summed E-state index contributed by atoms with van der Waals surface area (Å²) in [5, 5.41) is 6.47. The maximum atomic E-state index is 11.7. The minimum atomic E-state index is 0.0407. The summed E-state index contributed by atoms with van der Waals surface area (Å²) in [7, 11) is 0. The molecule has 1 aromatic heterocycles. The first-order chi connectivity index (χ1) is 9.66. The number of carbonyl (C=O) groups excluding carboxylic acids is 1. The average Bonchev–Trinajstić information content (AvgIpc) is 2.80. The number of rotatable bonds is 3. The third-order valence-electron chi connectivity index (χ3n) is 3.25. The van der Waals surface area contributed by atoms with Gasteiger partial charge in [-0.3, -0.25) is 4.79 Å². The number of ketones is 1. The van der Waals surface area contributed by atoms with Gasteiger partial charge in [0, 0.05) is 11.1 Å². The first-order valence-corrected chi connectivity index (χ1v) is 7.16. The minimum Gasteiger partial charge on any atom is -0.345 e. The molecule has 0 amide bonds. The Balaban J connectivity index is 2.08. The summed E-state index contributed by atoms with van der Waals surface area (Å²) in [6.45, 7) is 3.44. The van der Waals surface area contributed by atoms with Gasteiger partial charge in [0.2, 0.25) is 0 Å². The highest BCUT2D eigenvalue weighted by Crippen LogP contribution is 2.31. The summed E-state index contributed by atoms with van der Waals surface area (Å²) >= 11 is 1.33. The molecular formula is C16H14N2OS. The number of hydrogen-bond donors (Lipinski definition) is 1. The van der Waals surface area contributed by atoms with Crippen molar-refractivity contribution in [2.24, 2.45) is 0 Å². The highest BCUT2D eigenvalue weighted by atomic mass is 32.1. The van der Waals surface area contributed by atoms with Gasteiger partial charge in [0.15, 0.2) is 5.78 Å². The van der Waals surface area contributed by atoms with Crippen LogP contribution in [0.5, 0.6) is 0 Å². The van der Waals surface area contributed by atoms with E-state index < -0.39 is 0 Å². The number of Topliss-reactive ketones (excluding diaryl/α,β-unsaturated/α-hetero) is 1. The summed E-state index contributed by atoms with van der Waals surface area (Å²) in [5.74, 6) is 0.0407. The van der Waals surface area contributed by atoms with E-state index in [0.717, 1.165) is 21.8 Å². The molecule has 0 saturated carbocycles. The molecule has 3 nitrogen and oxygen atoms in total. The van der Waals surface area contributed by atoms with E-state index in [9.17, 15) is 4.79 Å². The fraction of sp³-hybridized carbons (Fsp3) is 0.125. The second-order valence-corrected chi connectivity index (χ2v) is 5.45. The molecule has 0 fully saturated rings. The number of nitrogens with one attached hydrogen (secondary N) is 1. The summed E-state index contributed by atoms with van der Waals surface area (Å²) in [4.78, 5) is 11.7. The van der Waals surface area contributed by atoms with Crippen LogP contribution >= 0.6 is 11.5 Å². The van der Waals surface area contributed by atoms with Crippen molar-refractivity contribution in [3.8, 4) is 0 Å². The van der Waals surface area contributed by atoms with E-state index >= 15 is 0 Å². The van der Waals surface area contributed by atoms with Gasteiger partial charge in [0.05, 0.1) is 11.3 Å². The van der Waals surface area contributed by atoms with Crippen LogP contribution in [0.1, 0.15) is 23.0 Å². The van der Waals surface area contributed by atoms with Crippen LogP contribution in [0.3, 0.4) is 0 Å². The van der Waals surface area contributed by atoms with Crippen LogP contribution in [0.4, 0.5) is 10.7 Å². The van der Waals surface area contributed by atoms with Crippen molar-refractivity contribution >= 4 is 38.8 Å². The van der Waals surface area contributed by atoms with E-state index in [2.05, 4.69) is 27.9 Å². The van der Waals surface area contributed by atoms with E-state index in [-0.39, 0.29) is 5.78 Å². The quantitative estimate of drug-likeness (QED) is 0.716. The molecule has 2 aromatic carbocycles. The lowest BCUT2D eigenvalue weighted by Gasteiger charge is -2.09. The van der Waals surface area contributed by atoms with Gasteiger partial charge < -0.3 is 5.32 Å². The van der Waals surface area contributed by atoms with Crippen LogP contribution in [0.25, 0.3) is 10.8 Å². The van der Waals surface area contributed by atoms with Crippen molar-refractivity contribution in [3.63, 3.8) is 0 Å². The van der Waals surface area contributed by atoms with Crippen molar-refractivity contribution in [1.29, 1.82) is 0 Å². The zero-order valence-corrected chi connectivity index (χ0v) is 12.1. The van der Waals surface area contributed by atoms with Gasteiger partial charge in [0.1, 0.15) is 5.00 Å². The van der Waals surface area contributed by atoms with Gasteiger partial charge in [0.25, 0.3) is 0 Å². The second-order valence-electron chi connectivity index (χ2n) is 4.68. The molecule has 3 aromatic rings. The molecule has 1 N–H and O–H groups in total. The fourth-order valence-corrected chi connectivity index (χ4v) is 3.18. The normalized spacial score (nSPS) is 10.7.